The van der Waals surface area contributed by atoms with Crippen molar-refractivity contribution in [3.63, 3.8) is 0 Å². The summed E-state index contributed by atoms with van der Waals surface area (Å²) in [6, 6.07) is 25.3. The third kappa shape index (κ3) is 4.74. The standard InChI is InChI=1S/C26H22ClN5O3/c27-20-7-4-8-23(17-20)31-25(18-24(28-31)19-5-2-1-3-6-19)26(33)30-15-13-29(14-16-30)21-9-11-22(12-10-21)32(34)35/h1-12,17-18H,13-16H2. The summed E-state index contributed by atoms with van der Waals surface area (Å²) < 4.78 is 1.65. The molecule has 35 heavy (non-hydrogen) atoms. The highest BCUT2D eigenvalue weighted by atomic mass is 35.5. The van der Waals surface area contributed by atoms with E-state index in [9.17, 15) is 14.9 Å². The Balaban J connectivity index is 1.39. The van der Waals surface area contributed by atoms with Gasteiger partial charge in [-0.3, -0.25) is 14.9 Å². The first-order chi connectivity index (χ1) is 17.0. The predicted molar refractivity (Wildman–Crippen MR) is 135 cm³/mol. The Morgan fingerprint density at radius 2 is 1.57 bits per heavy atom. The maximum Gasteiger partial charge on any atom is 0.272 e. The lowest BCUT2D eigenvalue weighted by Crippen LogP contribution is -2.49. The van der Waals surface area contributed by atoms with Gasteiger partial charge in [-0.25, -0.2) is 4.68 Å². The quantitative estimate of drug-likeness (QED) is 0.290. The maximum absolute atomic E-state index is 13.6. The van der Waals surface area contributed by atoms with Crippen LogP contribution in [-0.4, -0.2) is 51.7 Å². The molecule has 0 aliphatic carbocycles. The van der Waals surface area contributed by atoms with E-state index in [0.29, 0.717) is 48.3 Å². The van der Waals surface area contributed by atoms with Crippen molar-refractivity contribution in [2.24, 2.45) is 0 Å². The maximum atomic E-state index is 13.6. The first-order valence-corrected chi connectivity index (χ1v) is 11.6. The van der Waals surface area contributed by atoms with Crippen LogP contribution in [0.25, 0.3) is 16.9 Å². The minimum absolute atomic E-state index is 0.0612. The summed E-state index contributed by atoms with van der Waals surface area (Å²) in [5.74, 6) is -0.108. The summed E-state index contributed by atoms with van der Waals surface area (Å²) in [4.78, 5) is 28.1. The molecule has 1 amide bonds. The molecule has 8 nitrogen and oxygen atoms in total. The topological polar surface area (TPSA) is 84.5 Å². The van der Waals surface area contributed by atoms with E-state index in [1.165, 1.54) is 12.1 Å². The van der Waals surface area contributed by atoms with Gasteiger partial charge in [-0.1, -0.05) is 48.0 Å². The fraction of sp³-hybridized carbons (Fsp3) is 0.154. The molecule has 1 fully saturated rings. The minimum atomic E-state index is -0.410. The molecule has 0 saturated carbocycles. The highest BCUT2D eigenvalue weighted by Crippen LogP contribution is 2.25. The molecule has 1 aromatic heterocycles. The Hall–Kier alpha value is -4.17. The lowest BCUT2D eigenvalue weighted by atomic mass is 10.1. The largest absolute Gasteiger partial charge is 0.368 e. The smallest absolute Gasteiger partial charge is 0.272 e. The molecule has 1 saturated heterocycles. The molecule has 1 aliphatic heterocycles. The van der Waals surface area contributed by atoms with Gasteiger partial charge in [0.1, 0.15) is 5.69 Å². The zero-order valence-electron chi connectivity index (χ0n) is 18.8. The number of amides is 1. The van der Waals surface area contributed by atoms with Crippen LogP contribution in [0.2, 0.25) is 5.02 Å². The minimum Gasteiger partial charge on any atom is -0.368 e. The summed E-state index contributed by atoms with van der Waals surface area (Å²) in [6.07, 6.45) is 0. The second-order valence-electron chi connectivity index (χ2n) is 8.23. The van der Waals surface area contributed by atoms with Gasteiger partial charge in [0.2, 0.25) is 0 Å². The summed E-state index contributed by atoms with van der Waals surface area (Å²) >= 11 is 6.22. The van der Waals surface area contributed by atoms with Crippen LogP contribution in [-0.2, 0) is 0 Å². The third-order valence-corrected chi connectivity index (χ3v) is 6.28. The van der Waals surface area contributed by atoms with Crippen LogP contribution in [0.5, 0.6) is 0 Å². The third-order valence-electron chi connectivity index (χ3n) is 6.04. The normalized spacial score (nSPS) is 13.6. The number of aromatic nitrogens is 2. The number of nitrogens with zero attached hydrogens (tertiary/aromatic N) is 5. The van der Waals surface area contributed by atoms with E-state index >= 15 is 0 Å². The number of nitro groups is 1. The van der Waals surface area contributed by atoms with Gasteiger partial charge in [-0.05, 0) is 36.4 Å². The Morgan fingerprint density at radius 3 is 2.23 bits per heavy atom. The first-order valence-electron chi connectivity index (χ1n) is 11.2. The molecule has 1 aliphatic rings. The molecule has 0 atom stereocenters. The Morgan fingerprint density at radius 1 is 0.857 bits per heavy atom. The second-order valence-corrected chi connectivity index (χ2v) is 8.66. The van der Waals surface area contributed by atoms with Gasteiger partial charge in [0.05, 0.1) is 16.3 Å². The molecule has 2 heterocycles. The van der Waals surface area contributed by atoms with Crippen molar-refractivity contribution in [1.82, 2.24) is 14.7 Å². The van der Waals surface area contributed by atoms with Gasteiger partial charge in [0, 0.05) is 54.6 Å². The van der Waals surface area contributed by atoms with Crippen LogP contribution in [0.1, 0.15) is 10.5 Å². The number of carbonyl (C=O) groups excluding carboxylic acids is 1. The molecular formula is C26H22ClN5O3. The van der Waals surface area contributed by atoms with Crippen LogP contribution < -0.4 is 4.90 Å². The van der Waals surface area contributed by atoms with Crippen molar-refractivity contribution < 1.29 is 9.72 Å². The van der Waals surface area contributed by atoms with Gasteiger partial charge in [0.25, 0.3) is 11.6 Å². The molecule has 4 aromatic rings. The highest BCUT2D eigenvalue weighted by Gasteiger charge is 2.26. The van der Waals surface area contributed by atoms with Crippen molar-refractivity contribution in [2.45, 2.75) is 0 Å². The van der Waals surface area contributed by atoms with Crippen LogP contribution in [0.4, 0.5) is 11.4 Å². The molecule has 0 unspecified atom stereocenters. The molecular weight excluding hydrogens is 466 g/mol. The second kappa shape index (κ2) is 9.60. The number of carbonyl (C=O) groups is 1. The number of rotatable bonds is 5. The summed E-state index contributed by atoms with van der Waals surface area (Å²) in [5, 5.41) is 16.2. The highest BCUT2D eigenvalue weighted by molar-refractivity contribution is 6.30. The zero-order valence-corrected chi connectivity index (χ0v) is 19.5. The fourth-order valence-corrected chi connectivity index (χ4v) is 4.39. The monoisotopic (exact) mass is 487 g/mol. The average Bonchev–Trinajstić information content (AvgIpc) is 3.35. The van der Waals surface area contributed by atoms with Crippen LogP contribution >= 0.6 is 11.6 Å². The average molecular weight is 488 g/mol. The number of anilines is 1. The molecule has 9 heteroatoms. The van der Waals surface area contributed by atoms with E-state index in [1.54, 1.807) is 28.9 Å². The van der Waals surface area contributed by atoms with Crippen LogP contribution in [0.15, 0.2) is 84.9 Å². The lowest BCUT2D eigenvalue weighted by Gasteiger charge is -2.36. The van der Waals surface area contributed by atoms with Crippen molar-refractivity contribution in [3.8, 4) is 16.9 Å². The van der Waals surface area contributed by atoms with E-state index in [-0.39, 0.29) is 11.6 Å². The van der Waals surface area contributed by atoms with Crippen molar-refractivity contribution in [3.05, 3.63) is 106 Å². The van der Waals surface area contributed by atoms with Crippen LogP contribution in [0, 0.1) is 10.1 Å². The Bertz CT molecular complexity index is 1360. The number of hydrogen-bond donors (Lipinski definition) is 0. The fourth-order valence-electron chi connectivity index (χ4n) is 4.20. The summed E-state index contributed by atoms with van der Waals surface area (Å²) in [7, 11) is 0. The van der Waals surface area contributed by atoms with Gasteiger partial charge < -0.3 is 9.80 Å². The molecule has 5 rings (SSSR count). The first kappa shape index (κ1) is 22.6. The van der Waals surface area contributed by atoms with E-state index < -0.39 is 4.92 Å². The van der Waals surface area contributed by atoms with Crippen molar-refractivity contribution in [2.75, 3.05) is 31.1 Å². The van der Waals surface area contributed by atoms with Crippen molar-refractivity contribution in [1.29, 1.82) is 0 Å². The SMILES string of the molecule is O=C(c1cc(-c2ccccc2)nn1-c1cccc(Cl)c1)N1CCN(c2ccc([N+](=O)[O-])cc2)CC1. The summed E-state index contributed by atoms with van der Waals surface area (Å²) in [5.41, 5.74) is 3.77. The summed E-state index contributed by atoms with van der Waals surface area (Å²) in [6.45, 7) is 2.30. The number of halogens is 1. The molecule has 0 spiro atoms. The number of non-ortho nitro benzene ring substituents is 1. The van der Waals surface area contributed by atoms with E-state index in [4.69, 9.17) is 16.7 Å². The molecule has 3 aromatic carbocycles. The van der Waals surface area contributed by atoms with E-state index in [2.05, 4.69) is 4.90 Å². The molecule has 0 radical (unpaired) electrons. The molecule has 0 N–H and O–H groups in total. The van der Waals surface area contributed by atoms with Crippen molar-refractivity contribution >= 4 is 28.9 Å². The molecule has 0 bridgehead atoms. The van der Waals surface area contributed by atoms with Gasteiger partial charge in [-0.15, -0.1) is 0 Å². The Labute approximate surface area is 207 Å². The number of piperazine rings is 1. The number of hydrogen-bond acceptors (Lipinski definition) is 5. The molecule has 176 valence electrons. The predicted octanol–water partition coefficient (Wildman–Crippen LogP) is 5.06. The van der Waals surface area contributed by atoms with Gasteiger partial charge in [0.15, 0.2) is 0 Å². The lowest BCUT2D eigenvalue weighted by molar-refractivity contribution is -0.384. The van der Waals surface area contributed by atoms with E-state index in [1.807, 2.05) is 53.4 Å². The Kier molecular flexibility index (Phi) is 6.20. The van der Waals surface area contributed by atoms with Gasteiger partial charge in [-0.2, -0.15) is 5.10 Å². The van der Waals surface area contributed by atoms with E-state index in [0.717, 1.165) is 11.3 Å². The zero-order chi connectivity index (χ0) is 24.4. The van der Waals surface area contributed by atoms with Gasteiger partial charge >= 0.3 is 0 Å². The van der Waals surface area contributed by atoms with Crippen LogP contribution in [0.3, 0.4) is 0 Å². The number of benzene rings is 3. The number of nitro benzene ring substituents is 1.